The fourth-order valence-electron chi connectivity index (χ4n) is 1.99. The van der Waals surface area contributed by atoms with Gasteiger partial charge in [-0.1, -0.05) is 0 Å². The summed E-state index contributed by atoms with van der Waals surface area (Å²) in [5.41, 5.74) is 0. The van der Waals surface area contributed by atoms with E-state index < -0.39 is 0 Å². The second kappa shape index (κ2) is 4.65. The molecule has 88 valence electrons. The van der Waals surface area contributed by atoms with Gasteiger partial charge in [-0.15, -0.1) is 0 Å². The van der Waals surface area contributed by atoms with E-state index in [9.17, 15) is 9.59 Å². The van der Waals surface area contributed by atoms with Crippen LogP contribution in [-0.4, -0.2) is 43.6 Å². The number of hydrogen-bond acceptors (Lipinski definition) is 4. The van der Waals surface area contributed by atoms with Crippen molar-refractivity contribution in [3.8, 4) is 0 Å². The first kappa shape index (κ1) is 11.1. The first-order chi connectivity index (χ1) is 7.72. The van der Waals surface area contributed by atoms with Crippen molar-refractivity contribution >= 4 is 11.8 Å². The first-order valence-corrected chi connectivity index (χ1v) is 5.41. The molecule has 0 bridgehead atoms. The molecule has 0 spiro atoms. The Labute approximate surface area is 94.0 Å². The number of nitrogens with zero attached hydrogens (tertiary/aromatic N) is 1. The van der Waals surface area contributed by atoms with Gasteiger partial charge in [0.25, 0.3) is 11.8 Å². The van der Waals surface area contributed by atoms with Crippen LogP contribution in [-0.2, 0) is 19.1 Å². The van der Waals surface area contributed by atoms with Gasteiger partial charge in [-0.05, 0) is 18.8 Å². The van der Waals surface area contributed by atoms with Crippen LogP contribution in [0.2, 0.25) is 0 Å². The highest BCUT2D eigenvalue weighted by atomic mass is 16.5. The summed E-state index contributed by atoms with van der Waals surface area (Å²) in [6.45, 7) is 1.90. The molecule has 1 fully saturated rings. The molecule has 0 aromatic rings. The molecule has 0 aromatic carbocycles. The Bertz CT molecular complexity index is 331. The Morgan fingerprint density at radius 1 is 1.44 bits per heavy atom. The van der Waals surface area contributed by atoms with Gasteiger partial charge >= 0.3 is 0 Å². The summed E-state index contributed by atoms with van der Waals surface area (Å²) in [4.78, 5) is 24.5. The van der Waals surface area contributed by atoms with Crippen LogP contribution >= 0.6 is 0 Å². The third-order valence-corrected chi connectivity index (χ3v) is 2.98. The van der Waals surface area contributed by atoms with Crippen LogP contribution in [0, 0.1) is 5.92 Å². The fourth-order valence-corrected chi connectivity index (χ4v) is 1.99. The minimum Gasteiger partial charge on any atom is -0.491 e. The summed E-state index contributed by atoms with van der Waals surface area (Å²) in [6, 6.07) is 0. The smallest absolute Gasteiger partial charge is 0.295 e. The molecule has 2 heterocycles. The molecule has 2 aliphatic rings. The van der Waals surface area contributed by atoms with Gasteiger partial charge in [0.1, 0.15) is 0 Å². The van der Waals surface area contributed by atoms with E-state index in [1.165, 1.54) is 18.1 Å². The van der Waals surface area contributed by atoms with Gasteiger partial charge in [0.2, 0.25) is 0 Å². The number of imide groups is 1. The molecule has 0 aromatic heterocycles. The maximum atomic E-state index is 11.7. The second-order valence-corrected chi connectivity index (χ2v) is 4.02. The fraction of sp³-hybridized carbons (Fsp3) is 0.636. The Morgan fingerprint density at radius 3 is 2.69 bits per heavy atom. The van der Waals surface area contributed by atoms with Crippen LogP contribution in [0.3, 0.4) is 0 Å². The molecule has 5 nitrogen and oxygen atoms in total. The maximum absolute atomic E-state index is 11.7. The molecule has 0 unspecified atom stereocenters. The number of methoxy groups -OCH3 is 1. The van der Waals surface area contributed by atoms with Crippen LogP contribution in [0.25, 0.3) is 0 Å². The van der Waals surface area contributed by atoms with Crippen molar-refractivity contribution in [2.45, 2.75) is 12.8 Å². The van der Waals surface area contributed by atoms with E-state index in [0.717, 1.165) is 12.8 Å². The summed E-state index contributed by atoms with van der Waals surface area (Å²) in [5.74, 6) is -0.101. The summed E-state index contributed by atoms with van der Waals surface area (Å²) >= 11 is 0. The largest absolute Gasteiger partial charge is 0.491 e. The lowest BCUT2D eigenvalue weighted by molar-refractivity contribution is -0.139. The average Bonchev–Trinajstić information content (AvgIpc) is 2.58. The van der Waals surface area contributed by atoms with Crippen LogP contribution in [0.1, 0.15) is 12.8 Å². The van der Waals surface area contributed by atoms with E-state index >= 15 is 0 Å². The van der Waals surface area contributed by atoms with Gasteiger partial charge in [-0.25, -0.2) is 0 Å². The minimum absolute atomic E-state index is 0.136. The van der Waals surface area contributed by atoms with Crippen molar-refractivity contribution in [2.75, 3.05) is 26.9 Å². The van der Waals surface area contributed by atoms with Gasteiger partial charge in [0.05, 0.1) is 13.2 Å². The van der Waals surface area contributed by atoms with Crippen LogP contribution in [0.4, 0.5) is 0 Å². The monoisotopic (exact) mass is 225 g/mol. The minimum atomic E-state index is -0.320. The quantitative estimate of drug-likeness (QED) is 0.649. The standard InChI is InChI=1S/C11H15NO4/c1-15-9-6-10(13)12(11(9)14)7-8-2-4-16-5-3-8/h6,8H,2-5,7H2,1H3. The van der Waals surface area contributed by atoms with E-state index in [1.54, 1.807) is 0 Å². The Kier molecular flexibility index (Phi) is 3.24. The van der Waals surface area contributed by atoms with Crippen LogP contribution in [0.5, 0.6) is 0 Å². The first-order valence-electron chi connectivity index (χ1n) is 5.41. The molecule has 0 N–H and O–H groups in total. The van der Waals surface area contributed by atoms with E-state index in [0.29, 0.717) is 25.7 Å². The zero-order chi connectivity index (χ0) is 11.5. The third kappa shape index (κ3) is 2.09. The van der Waals surface area contributed by atoms with Gasteiger partial charge in [-0.2, -0.15) is 0 Å². The van der Waals surface area contributed by atoms with E-state index in [1.807, 2.05) is 0 Å². The number of amides is 2. The van der Waals surface area contributed by atoms with Gasteiger partial charge in [0.15, 0.2) is 5.76 Å². The lowest BCUT2D eigenvalue weighted by Gasteiger charge is -2.25. The Balaban J connectivity index is 1.96. The SMILES string of the molecule is COC1=CC(=O)N(CC2CCOCC2)C1=O. The number of carbonyl (C=O) groups is 2. The van der Waals surface area contributed by atoms with Gasteiger partial charge in [-0.3, -0.25) is 14.5 Å². The zero-order valence-corrected chi connectivity index (χ0v) is 9.27. The lowest BCUT2D eigenvalue weighted by Crippen LogP contribution is -2.37. The van der Waals surface area contributed by atoms with Gasteiger partial charge in [0, 0.05) is 19.8 Å². The summed E-state index contributed by atoms with van der Waals surface area (Å²) in [5, 5.41) is 0. The van der Waals surface area contributed by atoms with Crippen molar-refractivity contribution in [3.05, 3.63) is 11.8 Å². The number of hydrogen-bond donors (Lipinski definition) is 0. The maximum Gasteiger partial charge on any atom is 0.295 e. The lowest BCUT2D eigenvalue weighted by atomic mass is 10.00. The Hall–Kier alpha value is -1.36. The molecule has 2 amide bonds. The van der Waals surface area contributed by atoms with Crippen molar-refractivity contribution in [3.63, 3.8) is 0 Å². The average molecular weight is 225 g/mol. The molecule has 0 saturated carbocycles. The normalized spacial score (nSPS) is 22.6. The Morgan fingerprint density at radius 2 is 2.12 bits per heavy atom. The van der Waals surface area contributed by atoms with Crippen LogP contribution in [0.15, 0.2) is 11.8 Å². The van der Waals surface area contributed by atoms with Crippen LogP contribution < -0.4 is 0 Å². The summed E-state index contributed by atoms with van der Waals surface area (Å²) < 4.78 is 10.1. The van der Waals surface area contributed by atoms with Crippen molar-refractivity contribution < 1.29 is 19.1 Å². The topological polar surface area (TPSA) is 55.8 Å². The number of carbonyl (C=O) groups excluding carboxylic acids is 2. The molecule has 0 atom stereocenters. The molecule has 5 heteroatoms. The van der Waals surface area contributed by atoms with Crippen molar-refractivity contribution in [1.29, 1.82) is 0 Å². The predicted octanol–water partition coefficient (Wildman–Crippen LogP) is 0.312. The van der Waals surface area contributed by atoms with E-state index in [2.05, 4.69) is 0 Å². The molecule has 1 saturated heterocycles. The molecular formula is C11H15NO4. The van der Waals surface area contributed by atoms with Crippen molar-refractivity contribution in [1.82, 2.24) is 4.90 Å². The number of rotatable bonds is 3. The summed E-state index contributed by atoms with van der Waals surface area (Å²) in [7, 11) is 1.40. The van der Waals surface area contributed by atoms with Crippen molar-refractivity contribution in [2.24, 2.45) is 5.92 Å². The van der Waals surface area contributed by atoms with Gasteiger partial charge < -0.3 is 9.47 Å². The van der Waals surface area contributed by atoms with E-state index in [-0.39, 0.29) is 17.6 Å². The zero-order valence-electron chi connectivity index (χ0n) is 9.27. The molecular weight excluding hydrogens is 210 g/mol. The molecule has 0 radical (unpaired) electrons. The highest BCUT2D eigenvalue weighted by molar-refractivity contribution is 6.15. The molecule has 0 aliphatic carbocycles. The number of ether oxygens (including phenoxy) is 2. The predicted molar refractivity (Wildman–Crippen MR) is 55.4 cm³/mol. The molecule has 2 rings (SSSR count). The second-order valence-electron chi connectivity index (χ2n) is 4.02. The highest BCUT2D eigenvalue weighted by Gasteiger charge is 2.33. The molecule has 16 heavy (non-hydrogen) atoms. The highest BCUT2D eigenvalue weighted by Crippen LogP contribution is 2.20. The molecule has 2 aliphatic heterocycles. The third-order valence-electron chi connectivity index (χ3n) is 2.98. The summed E-state index contributed by atoms with van der Waals surface area (Å²) in [6.07, 6.45) is 3.06. The van der Waals surface area contributed by atoms with E-state index in [4.69, 9.17) is 9.47 Å².